The molecule has 2 N–H and O–H groups in total. The Kier molecular flexibility index (Phi) is 6.23. The van der Waals surface area contributed by atoms with E-state index in [9.17, 15) is 4.79 Å². The maximum absolute atomic E-state index is 12.0. The number of hydrogen-bond acceptors (Lipinski definition) is 3. The number of amides is 2. The standard InChI is InChI=1S/C18H26N4O2/c1-13(2)12-24-17-7-5-15(6-8-17)14(3)21-18(23)19-11-16-9-10-20-22(16)4/h5-10,13-14H,11-12H2,1-4H3,(H2,19,21,23). The highest BCUT2D eigenvalue weighted by atomic mass is 16.5. The monoisotopic (exact) mass is 330 g/mol. The maximum atomic E-state index is 12.0. The van der Waals surface area contributed by atoms with E-state index in [0.29, 0.717) is 19.1 Å². The summed E-state index contributed by atoms with van der Waals surface area (Å²) in [5.41, 5.74) is 1.98. The van der Waals surface area contributed by atoms with Crippen LogP contribution in [0.25, 0.3) is 0 Å². The first-order chi connectivity index (χ1) is 11.5. The third kappa shape index (κ3) is 5.30. The Bertz CT molecular complexity index is 649. The molecule has 6 heteroatoms. The van der Waals surface area contributed by atoms with Gasteiger partial charge < -0.3 is 15.4 Å². The number of nitrogens with one attached hydrogen (secondary N) is 2. The van der Waals surface area contributed by atoms with E-state index in [1.165, 1.54) is 0 Å². The summed E-state index contributed by atoms with van der Waals surface area (Å²) in [6, 6.07) is 9.40. The van der Waals surface area contributed by atoms with Gasteiger partial charge in [-0.25, -0.2) is 4.79 Å². The van der Waals surface area contributed by atoms with Gasteiger partial charge in [-0.3, -0.25) is 4.68 Å². The van der Waals surface area contributed by atoms with Gasteiger partial charge in [-0.05, 0) is 36.6 Å². The Hall–Kier alpha value is -2.50. The number of carbonyl (C=O) groups is 1. The van der Waals surface area contributed by atoms with Crippen molar-refractivity contribution in [3.05, 3.63) is 47.8 Å². The molecular formula is C18H26N4O2. The molecule has 2 aromatic rings. The largest absolute Gasteiger partial charge is 0.493 e. The molecule has 0 aliphatic carbocycles. The SMILES string of the molecule is CC(C)COc1ccc(C(C)NC(=O)NCc2ccnn2C)cc1. The Morgan fingerprint density at radius 3 is 2.50 bits per heavy atom. The summed E-state index contributed by atoms with van der Waals surface area (Å²) in [5.74, 6) is 1.34. The van der Waals surface area contributed by atoms with Crippen molar-refractivity contribution in [1.29, 1.82) is 0 Å². The molecule has 0 bridgehead atoms. The zero-order valence-corrected chi connectivity index (χ0v) is 14.7. The fraction of sp³-hybridized carbons (Fsp3) is 0.444. The Morgan fingerprint density at radius 1 is 1.21 bits per heavy atom. The minimum Gasteiger partial charge on any atom is -0.493 e. The third-order valence-corrected chi connectivity index (χ3v) is 3.66. The van der Waals surface area contributed by atoms with Gasteiger partial charge in [0.25, 0.3) is 0 Å². The predicted octanol–water partition coefficient (Wildman–Crippen LogP) is 3.02. The van der Waals surface area contributed by atoms with E-state index in [1.807, 2.05) is 44.3 Å². The molecule has 0 aliphatic rings. The van der Waals surface area contributed by atoms with Gasteiger partial charge in [0.05, 0.1) is 24.9 Å². The minimum absolute atomic E-state index is 0.0873. The van der Waals surface area contributed by atoms with Crippen LogP contribution in [0.4, 0.5) is 4.79 Å². The lowest BCUT2D eigenvalue weighted by Gasteiger charge is -2.16. The number of rotatable bonds is 7. The number of ether oxygens (including phenoxy) is 1. The van der Waals surface area contributed by atoms with E-state index >= 15 is 0 Å². The minimum atomic E-state index is -0.205. The van der Waals surface area contributed by atoms with Crippen LogP contribution in [0, 0.1) is 5.92 Å². The van der Waals surface area contributed by atoms with Crippen molar-refractivity contribution in [3.8, 4) is 5.75 Å². The van der Waals surface area contributed by atoms with Crippen LogP contribution in [-0.4, -0.2) is 22.4 Å². The lowest BCUT2D eigenvalue weighted by Crippen LogP contribution is -2.37. The highest BCUT2D eigenvalue weighted by Crippen LogP contribution is 2.18. The van der Waals surface area contributed by atoms with Crippen LogP contribution >= 0.6 is 0 Å². The fourth-order valence-electron chi connectivity index (χ4n) is 2.19. The van der Waals surface area contributed by atoms with Crippen molar-refractivity contribution < 1.29 is 9.53 Å². The number of aromatic nitrogens is 2. The summed E-state index contributed by atoms with van der Waals surface area (Å²) < 4.78 is 7.40. The average Bonchev–Trinajstić information content (AvgIpc) is 2.96. The van der Waals surface area contributed by atoms with Crippen LogP contribution in [0.1, 0.15) is 38.1 Å². The quantitative estimate of drug-likeness (QED) is 0.820. The second-order valence-corrected chi connectivity index (χ2v) is 6.27. The van der Waals surface area contributed by atoms with Gasteiger partial charge in [0.2, 0.25) is 0 Å². The first kappa shape index (κ1) is 17.8. The summed E-state index contributed by atoms with van der Waals surface area (Å²) in [6.45, 7) is 7.32. The molecule has 24 heavy (non-hydrogen) atoms. The first-order valence-corrected chi connectivity index (χ1v) is 8.19. The van der Waals surface area contributed by atoms with Crippen molar-refractivity contribution in [2.24, 2.45) is 13.0 Å². The van der Waals surface area contributed by atoms with Crippen LogP contribution in [0.2, 0.25) is 0 Å². The van der Waals surface area contributed by atoms with E-state index in [0.717, 1.165) is 17.0 Å². The van der Waals surface area contributed by atoms with Gasteiger partial charge in [-0.1, -0.05) is 26.0 Å². The second-order valence-electron chi connectivity index (χ2n) is 6.27. The molecule has 1 heterocycles. The van der Waals surface area contributed by atoms with Crippen LogP contribution in [0.15, 0.2) is 36.5 Å². The van der Waals surface area contributed by atoms with Gasteiger partial charge >= 0.3 is 6.03 Å². The normalized spacial score (nSPS) is 12.0. The zero-order valence-electron chi connectivity index (χ0n) is 14.7. The van der Waals surface area contributed by atoms with E-state index in [4.69, 9.17) is 4.74 Å². The molecule has 0 fully saturated rings. The average molecular weight is 330 g/mol. The number of urea groups is 1. The summed E-state index contributed by atoms with van der Waals surface area (Å²) in [5, 5.41) is 9.83. The van der Waals surface area contributed by atoms with Crippen LogP contribution < -0.4 is 15.4 Å². The number of benzene rings is 1. The number of aryl methyl sites for hydroxylation is 1. The van der Waals surface area contributed by atoms with E-state index in [-0.39, 0.29) is 12.1 Å². The van der Waals surface area contributed by atoms with E-state index in [2.05, 4.69) is 29.6 Å². The summed E-state index contributed by atoms with van der Waals surface area (Å²) in [7, 11) is 1.85. The van der Waals surface area contributed by atoms with Gasteiger partial charge in [0.15, 0.2) is 0 Å². The van der Waals surface area contributed by atoms with Gasteiger partial charge in [-0.15, -0.1) is 0 Å². The maximum Gasteiger partial charge on any atom is 0.315 e. The molecule has 2 amide bonds. The molecule has 6 nitrogen and oxygen atoms in total. The van der Waals surface area contributed by atoms with E-state index < -0.39 is 0 Å². The summed E-state index contributed by atoms with van der Waals surface area (Å²) in [6.07, 6.45) is 1.71. The van der Waals surface area contributed by atoms with Gasteiger partial charge in [0.1, 0.15) is 5.75 Å². The molecule has 0 radical (unpaired) electrons. The molecule has 0 spiro atoms. The molecule has 1 aromatic carbocycles. The van der Waals surface area contributed by atoms with Crippen molar-refractivity contribution in [1.82, 2.24) is 20.4 Å². The highest BCUT2D eigenvalue weighted by molar-refractivity contribution is 5.74. The molecule has 130 valence electrons. The van der Waals surface area contributed by atoms with E-state index in [1.54, 1.807) is 10.9 Å². The van der Waals surface area contributed by atoms with Crippen molar-refractivity contribution >= 4 is 6.03 Å². The Balaban J connectivity index is 1.81. The Morgan fingerprint density at radius 2 is 1.92 bits per heavy atom. The number of nitrogens with zero attached hydrogens (tertiary/aromatic N) is 2. The molecule has 0 aliphatic heterocycles. The first-order valence-electron chi connectivity index (χ1n) is 8.19. The highest BCUT2D eigenvalue weighted by Gasteiger charge is 2.10. The molecule has 0 saturated heterocycles. The molecule has 1 atom stereocenters. The second kappa shape index (κ2) is 8.38. The van der Waals surface area contributed by atoms with Crippen molar-refractivity contribution in [2.45, 2.75) is 33.4 Å². The molecular weight excluding hydrogens is 304 g/mol. The van der Waals surface area contributed by atoms with Crippen LogP contribution in [0.5, 0.6) is 5.75 Å². The fourth-order valence-corrected chi connectivity index (χ4v) is 2.19. The molecule has 1 unspecified atom stereocenters. The number of carbonyl (C=O) groups excluding carboxylic acids is 1. The van der Waals surface area contributed by atoms with Gasteiger partial charge in [0, 0.05) is 13.2 Å². The predicted molar refractivity (Wildman–Crippen MR) is 93.8 cm³/mol. The topological polar surface area (TPSA) is 68.2 Å². The summed E-state index contributed by atoms with van der Waals surface area (Å²) in [4.78, 5) is 12.0. The smallest absolute Gasteiger partial charge is 0.315 e. The van der Waals surface area contributed by atoms with Gasteiger partial charge in [-0.2, -0.15) is 5.10 Å². The van der Waals surface area contributed by atoms with Crippen molar-refractivity contribution in [2.75, 3.05) is 6.61 Å². The van der Waals surface area contributed by atoms with Crippen LogP contribution in [-0.2, 0) is 13.6 Å². The third-order valence-electron chi connectivity index (χ3n) is 3.66. The van der Waals surface area contributed by atoms with Crippen LogP contribution in [0.3, 0.4) is 0 Å². The van der Waals surface area contributed by atoms with Crippen molar-refractivity contribution in [3.63, 3.8) is 0 Å². The number of hydrogen-bond donors (Lipinski definition) is 2. The molecule has 2 rings (SSSR count). The molecule has 0 saturated carbocycles. The Labute approximate surface area is 143 Å². The summed E-state index contributed by atoms with van der Waals surface area (Å²) >= 11 is 0. The lowest BCUT2D eigenvalue weighted by molar-refractivity contribution is 0.237. The zero-order chi connectivity index (χ0) is 17.5. The lowest BCUT2D eigenvalue weighted by atomic mass is 10.1. The molecule has 1 aromatic heterocycles.